The number of rotatable bonds is 7. The van der Waals surface area contributed by atoms with Gasteiger partial charge in [-0.05, 0) is 37.1 Å². The molecule has 0 amide bonds. The molecular formula is C22H21Cl3N2O3. The lowest BCUT2D eigenvalue weighted by atomic mass is 9.88. The van der Waals surface area contributed by atoms with E-state index in [1.54, 1.807) is 36.4 Å². The Balaban J connectivity index is 1.61. The average molecular weight is 468 g/mol. The summed E-state index contributed by atoms with van der Waals surface area (Å²) in [5, 5.41) is 14.7. The first kappa shape index (κ1) is 21.5. The number of carbonyl (C=O) groups is 1. The number of aliphatic hydroxyl groups is 1. The largest absolute Gasteiger partial charge is 0.489 e. The van der Waals surface area contributed by atoms with Crippen molar-refractivity contribution in [3.8, 4) is 5.75 Å². The first-order valence-electron chi connectivity index (χ1n) is 9.63. The van der Waals surface area contributed by atoms with Crippen molar-refractivity contribution in [3.63, 3.8) is 0 Å². The number of hydrogen-bond acceptors (Lipinski definition) is 5. The molecule has 158 valence electrons. The Labute approximate surface area is 189 Å². The lowest BCUT2D eigenvalue weighted by Crippen LogP contribution is -2.56. The molecule has 0 unspecified atom stereocenters. The van der Waals surface area contributed by atoms with Gasteiger partial charge in [-0.25, -0.2) is 0 Å². The van der Waals surface area contributed by atoms with Crippen molar-refractivity contribution in [2.75, 3.05) is 19.7 Å². The summed E-state index contributed by atoms with van der Waals surface area (Å²) in [6, 6.07) is 10.2. The summed E-state index contributed by atoms with van der Waals surface area (Å²) in [6.45, 7) is 0.861. The van der Waals surface area contributed by atoms with Gasteiger partial charge in [0.2, 0.25) is 0 Å². The second-order valence-corrected chi connectivity index (χ2v) is 8.91. The quantitative estimate of drug-likeness (QED) is 0.532. The highest BCUT2D eigenvalue weighted by Crippen LogP contribution is 2.37. The van der Waals surface area contributed by atoms with E-state index in [-0.39, 0.29) is 24.0 Å². The lowest BCUT2D eigenvalue weighted by molar-refractivity contribution is -0.116. The van der Waals surface area contributed by atoms with Gasteiger partial charge in [0.1, 0.15) is 18.0 Å². The summed E-state index contributed by atoms with van der Waals surface area (Å²) < 4.78 is 5.86. The molecule has 0 aromatic heterocycles. The number of ketones is 1. The van der Waals surface area contributed by atoms with E-state index in [1.165, 1.54) is 0 Å². The van der Waals surface area contributed by atoms with Gasteiger partial charge in [-0.3, -0.25) is 4.79 Å². The maximum Gasteiger partial charge on any atom is 0.167 e. The third-order valence-electron chi connectivity index (χ3n) is 5.46. The summed E-state index contributed by atoms with van der Waals surface area (Å²) in [4.78, 5) is 12.9. The number of carbonyl (C=O) groups excluding carboxylic acids is 1. The van der Waals surface area contributed by atoms with E-state index < -0.39 is 5.60 Å². The van der Waals surface area contributed by atoms with Crippen LogP contribution in [0.15, 0.2) is 42.0 Å². The van der Waals surface area contributed by atoms with E-state index in [1.807, 2.05) is 0 Å². The van der Waals surface area contributed by atoms with Gasteiger partial charge in [-0.15, -0.1) is 0 Å². The third-order valence-corrected chi connectivity index (χ3v) is 6.41. The molecule has 1 saturated heterocycles. The average Bonchev–Trinajstić information content (AvgIpc) is 3.51. The molecule has 1 aliphatic carbocycles. The van der Waals surface area contributed by atoms with Crippen LogP contribution in [0.2, 0.25) is 15.1 Å². The van der Waals surface area contributed by atoms with Crippen LogP contribution in [0.1, 0.15) is 24.0 Å². The number of nitrogens with two attached hydrogens (primary N) is 1. The second kappa shape index (κ2) is 8.40. The summed E-state index contributed by atoms with van der Waals surface area (Å²) in [5.74, 6) is 0.370. The molecule has 5 nitrogen and oxygen atoms in total. The molecule has 1 heterocycles. The van der Waals surface area contributed by atoms with E-state index in [0.29, 0.717) is 50.6 Å². The minimum absolute atomic E-state index is 0.0375. The maximum absolute atomic E-state index is 12.9. The van der Waals surface area contributed by atoms with Crippen molar-refractivity contribution >= 4 is 46.3 Å². The van der Waals surface area contributed by atoms with Crippen LogP contribution >= 0.6 is 34.8 Å². The first-order chi connectivity index (χ1) is 14.3. The highest BCUT2D eigenvalue weighted by atomic mass is 35.5. The van der Waals surface area contributed by atoms with Gasteiger partial charge < -0.3 is 20.9 Å². The van der Waals surface area contributed by atoms with Crippen molar-refractivity contribution in [2.24, 2.45) is 11.7 Å². The topological polar surface area (TPSA) is 84.6 Å². The number of benzene rings is 2. The Kier molecular flexibility index (Phi) is 6.02. The van der Waals surface area contributed by atoms with Crippen LogP contribution in [0.5, 0.6) is 5.75 Å². The first-order valence-corrected chi connectivity index (χ1v) is 10.8. The van der Waals surface area contributed by atoms with Crippen LogP contribution < -0.4 is 15.8 Å². The molecule has 0 bridgehead atoms. The van der Waals surface area contributed by atoms with E-state index in [4.69, 9.17) is 45.3 Å². The monoisotopic (exact) mass is 466 g/mol. The van der Waals surface area contributed by atoms with Crippen LogP contribution in [-0.2, 0) is 10.4 Å². The molecule has 4 rings (SSSR count). The van der Waals surface area contributed by atoms with E-state index >= 15 is 0 Å². The summed E-state index contributed by atoms with van der Waals surface area (Å²) in [7, 11) is 0. The molecule has 1 aliphatic heterocycles. The number of ether oxygens (including phenoxy) is 1. The van der Waals surface area contributed by atoms with Crippen LogP contribution in [-0.4, -0.2) is 30.6 Å². The van der Waals surface area contributed by atoms with Gasteiger partial charge in [0, 0.05) is 30.1 Å². The highest BCUT2D eigenvalue weighted by Gasteiger charge is 2.38. The normalized spacial score (nSPS) is 18.4. The minimum atomic E-state index is -0.964. The molecule has 4 N–H and O–H groups in total. The zero-order valence-corrected chi connectivity index (χ0v) is 18.3. The van der Waals surface area contributed by atoms with Crippen molar-refractivity contribution in [2.45, 2.75) is 18.4 Å². The molecular weight excluding hydrogens is 447 g/mol. The molecule has 2 aliphatic rings. The molecule has 0 radical (unpaired) electrons. The predicted molar refractivity (Wildman–Crippen MR) is 119 cm³/mol. The van der Waals surface area contributed by atoms with Crippen molar-refractivity contribution in [1.82, 2.24) is 5.32 Å². The van der Waals surface area contributed by atoms with Crippen LogP contribution in [0.3, 0.4) is 0 Å². The number of halogens is 3. The predicted octanol–water partition coefficient (Wildman–Crippen LogP) is 4.17. The molecule has 2 aromatic carbocycles. The number of Topliss-reactive ketones (excluding diaryl/α,β-unsaturated/α-hetero) is 1. The lowest BCUT2D eigenvalue weighted by Gasteiger charge is -2.38. The Bertz CT molecular complexity index is 1010. The fraction of sp³-hybridized carbons (Fsp3) is 0.318. The summed E-state index contributed by atoms with van der Waals surface area (Å²) >= 11 is 18.9. The van der Waals surface area contributed by atoms with Crippen molar-refractivity contribution in [3.05, 3.63) is 68.2 Å². The maximum atomic E-state index is 12.9. The van der Waals surface area contributed by atoms with Gasteiger partial charge in [0.25, 0.3) is 0 Å². The third kappa shape index (κ3) is 4.18. The minimum Gasteiger partial charge on any atom is -0.489 e. The zero-order chi connectivity index (χ0) is 21.5. The number of nitrogens with one attached hydrogen (secondary N) is 1. The van der Waals surface area contributed by atoms with E-state index in [9.17, 15) is 9.90 Å². The van der Waals surface area contributed by atoms with Crippen LogP contribution in [0.4, 0.5) is 0 Å². The van der Waals surface area contributed by atoms with Gasteiger partial charge in [-0.1, -0.05) is 46.9 Å². The smallest absolute Gasteiger partial charge is 0.167 e. The summed E-state index contributed by atoms with van der Waals surface area (Å²) in [6.07, 6.45) is 1.66. The van der Waals surface area contributed by atoms with Gasteiger partial charge >= 0.3 is 0 Å². The van der Waals surface area contributed by atoms with Crippen molar-refractivity contribution in [1.29, 1.82) is 0 Å². The van der Waals surface area contributed by atoms with Crippen molar-refractivity contribution < 1.29 is 14.6 Å². The molecule has 8 heteroatoms. The van der Waals surface area contributed by atoms with Gasteiger partial charge in [0.15, 0.2) is 5.78 Å². The SMILES string of the molecule is NC(=C(COc1ccc(C2(O)CNC2)c(Cl)c1)C(=O)C1CC1)c1c(Cl)cccc1Cl. The van der Waals surface area contributed by atoms with Crippen LogP contribution in [0.25, 0.3) is 5.70 Å². The number of β-amino-alcohol motifs (C(OH)–C–C–N with tert-alkyl or cyclic N) is 1. The molecule has 30 heavy (non-hydrogen) atoms. The Morgan fingerprint density at radius 2 is 1.80 bits per heavy atom. The summed E-state index contributed by atoms with van der Waals surface area (Å²) in [5.41, 5.74) is 7.03. The molecule has 1 saturated carbocycles. The Hall–Kier alpha value is -1.76. The standard InChI is InChI=1S/C22H21Cl3N2O3/c23-16-2-1-3-17(24)19(16)20(26)14(21(28)12-4-5-12)9-30-13-6-7-15(18(25)8-13)22(29)10-27-11-22/h1-3,6-8,12,27,29H,4-5,9-11,26H2. The fourth-order valence-corrected chi connectivity index (χ4v) is 4.40. The fourth-order valence-electron chi connectivity index (χ4n) is 3.45. The number of hydrogen-bond donors (Lipinski definition) is 3. The highest BCUT2D eigenvalue weighted by molar-refractivity contribution is 6.37. The molecule has 0 spiro atoms. The zero-order valence-electron chi connectivity index (χ0n) is 16.1. The van der Waals surface area contributed by atoms with Crippen LogP contribution in [0, 0.1) is 5.92 Å². The molecule has 0 atom stereocenters. The molecule has 2 fully saturated rings. The molecule has 2 aromatic rings. The Morgan fingerprint density at radius 1 is 1.13 bits per heavy atom. The van der Waals surface area contributed by atoms with Gasteiger partial charge in [0.05, 0.1) is 26.3 Å². The van der Waals surface area contributed by atoms with Gasteiger partial charge in [-0.2, -0.15) is 0 Å². The van der Waals surface area contributed by atoms with E-state index in [2.05, 4.69) is 5.32 Å². The second-order valence-electron chi connectivity index (χ2n) is 7.69. The van der Waals surface area contributed by atoms with E-state index in [0.717, 1.165) is 12.8 Å². The Morgan fingerprint density at radius 3 is 2.33 bits per heavy atom.